The van der Waals surface area contributed by atoms with Crippen LogP contribution in [0.3, 0.4) is 0 Å². The van der Waals surface area contributed by atoms with Crippen LogP contribution in [0.25, 0.3) is 0 Å². The van der Waals surface area contributed by atoms with Gasteiger partial charge in [0.25, 0.3) is 5.91 Å². The fraction of sp³-hybridized carbons (Fsp3) is 0.667. The van der Waals surface area contributed by atoms with E-state index in [1.807, 2.05) is 24.3 Å². The average Bonchev–Trinajstić information content (AvgIpc) is 3.62. The molecule has 2 aliphatic carbocycles. The fourth-order valence-electron chi connectivity index (χ4n) is 3.75. The molecule has 0 radical (unpaired) electrons. The number of guanidine groups is 1. The quantitative estimate of drug-likeness (QED) is 0.128. The van der Waals surface area contributed by atoms with Gasteiger partial charge in [-0.05, 0) is 49.8 Å². The second-order valence-corrected chi connectivity index (χ2v) is 8.43. The number of aliphatic imine (C=N–C) groups is 1. The van der Waals surface area contributed by atoms with E-state index in [1.165, 1.54) is 44.1 Å². The highest BCUT2D eigenvalue weighted by Gasteiger charge is 2.23. The number of carbonyl (C=O) groups excluding carboxylic acids is 1. The molecule has 0 atom stereocenters. The molecular weight excluding hydrogens is 519 g/mol. The lowest BCUT2D eigenvalue weighted by Crippen LogP contribution is -2.40. The first-order valence-electron chi connectivity index (χ1n) is 11.8. The van der Waals surface area contributed by atoms with Crippen LogP contribution in [0.5, 0.6) is 5.75 Å². The largest absolute Gasteiger partial charge is 0.484 e. The molecule has 0 aliphatic heterocycles. The van der Waals surface area contributed by atoms with Gasteiger partial charge in [-0.25, -0.2) is 0 Å². The zero-order valence-electron chi connectivity index (χ0n) is 19.2. The van der Waals surface area contributed by atoms with Crippen LogP contribution in [0.4, 0.5) is 0 Å². The molecular formula is C24H39IN4O3. The van der Waals surface area contributed by atoms with Gasteiger partial charge in [-0.3, -0.25) is 9.79 Å². The minimum absolute atomic E-state index is 0. The molecule has 180 valence electrons. The molecule has 0 aromatic heterocycles. The molecule has 1 amide bonds. The van der Waals surface area contributed by atoms with E-state index in [9.17, 15) is 4.79 Å². The summed E-state index contributed by atoms with van der Waals surface area (Å²) in [5.74, 6) is 1.47. The van der Waals surface area contributed by atoms with Gasteiger partial charge < -0.3 is 25.4 Å². The third kappa shape index (κ3) is 10.8. The highest BCUT2D eigenvalue weighted by molar-refractivity contribution is 14.0. The molecule has 0 spiro atoms. The Bertz CT molecular complexity index is 687. The molecule has 0 bridgehead atoms. The first-order valence-corrected chi connectivity index (χ1v) is 11.8. The molecule has 0 saturated heterocycles. The molecule has 8 heteroatoms. The Labute approximate surface area is 209 Å². The van der Waals surface area contributed by atoms with Crippen molar-refractivity contribution in [3.63, 3.8) is 0 Å². The van der Waals surface area contributed by atoms with Gasteiger partial charge in [0.1, 0.15) is 5.75 Å². The summed E-state index contributed by atoms with van der Waals surface area (Å²) in [6.45, 7) is 2.33. The highest BCUT2D eigenvalue weighted by atomic mass is 127. The molecule has 3 rings (SSSR count). The standard InChI is InChI=1S/C24H38N4O3.HI/c1-25-24(27-16-17-30-21-6-4-2-3-5-7-21)26-15-14-19-8-12-22(13-9-19)31-18-23(29)28-20-10-11-20;/h8-9,12-13,20-21H,2-7,10-11,14-18H2,1H3,(H,28,29)(H2,25,26,27);1H. The number of nitrogens with one attached hydrogen (secondary N) is 3. The number of rotatable bonds is 11. The van der Waals surface area contributed by atoms with Crippen molar-refractivity contribution in [1.29, 1.82) is 0 Å². The lowest BCUT2D eigenvalue weighted by Gasteiger charge is -2.17. The van der Waals surface area contributed by atoms with Crippen LogP contribution < -0.4 is 20.7 Å². The minimum Gasteiger partial charge on any atom is -0.484 e. The van der Waals surface area contributed by atoms with Crippen molar-refractivity contribution in [3.05, 3.63) is 29.8 Å². The Morgan fingerprint density at radius 3 is 2.34 bits per heavy atom. The van der Waals surface area contributed by atoms with Crippen LogP contribution in [0.2, 0.25) is 0 Å². The van der Waals surface area contributed by atoms with Gasteiger partial charge in [0, 0.05) is 26.2 Å². The van der Waals surface area contributed by atoms with E-state index in [0.29, 0.717) is 24.5 Å². The number of halogens is 1. The number of ether oxygens (including phenoxy) is 2. The molecule has 2 saturated carbocycles. The van der Waals surface area contributed by atoms with Crippen LogP contribution in [0.1, 0.15) is 56.9 Å². The predicted octanol–water partition coefficient (Wildman–Crippen LogP) is 3.41. The Balaban J connectivity index is 0.00000363. The van der Waals surface area contributed by atoms with Crippen molar-refractivity contribution in [3.8, 4) is 5.75 Å². The zero-order valence-corrected chi connectivity index (χ0v) is 21.6. The molecule has 1 aromatic carbocycles. The zero-order chi connectivity index (χ0) is 21.7. The normalized spacial score (nSPS) is 17.1. The predicted molar refractivity (Wildman–Crippen MR) is 139 cm³/mol. The van der Waals surface area contributed by atoms with Gasteiger partial charge in [0.2, 0.25) is 0 Å². The molecule has 32 heavy (non-hydrogen) atoms. The summed E-state index contributed by atoms with van der Waals surface area (Å²) in [4.78, 5) is 16.0. The summed E-state index contributed by atoms with van der Waals surface area (Å²) >= 11 is 0. The Kier molecular flexibility index (Phi) is 12.8. The maximum atomic E-state index is 11.7. The van der Waals surface area contributed by atoms with Crippen LogP contribution in [-0.4, -0.2) is 57.4 Å². The molecule has 2 fully saturated rings. The molecule has 7 nitrogen and oxygen atoms in total. The van der Waals surface area contributed by atoms with Crippen molar-refractivity contribution in [2.45, 2.75) is 69.9 Å². The highest BCUT2D eigenvalue weighted by Crippen LogP contribution is 2.20. The van der Waals surface area contributed by atoms with Gasteiger partial charge in [-0.1, -0.05) is 37.8 Å². The monoisotopic (exact) mass is 558 g/mol. The van der Waals surface area contributed by atoms with Crippen molar-refractivity contribution in [2.75, 3.05) is 33.4 Å². The van der Waals surface area contributed by atoms with Crippen LogP contribution in [0, 0.1) is 0 Å². The minimum atomic E-state index is -0.0469. The maximum Gasteiger partial charge on any atom is 0.258 e. The third-order valence-electron chi connectivity index (χ3n) is 5.72. The summed E-state index contributed by atoms with van der Waals surface area (Å²) in [5, 5.41) is 9.58. The lowest BCUT2D eigenvalue weighted by molar-refractivity contribution is -0.123. The second kappa shape index (κ2) is 15.3. The number of amides is 1. The SMILES string of the molecule is CN=C(NCCOC1CCCCCC1)NCCc1ccc(OCC(=O)NC2CC2)cc1.I. The number of carbonyl (C=O) groups is 1. The van der Waals surface area contributed by atoms with Gasteiger partial charge in [0.15, 0.2) is 12.6 Å². The summed E-state index contributed by atoms with van der Waals surface area (Å²) in [6.07, 6.45) is 11.2. The molecule has 2 aliphatic rings. The average molecular weight is 559 g/mol. The molecule has 1 aromatic rings. The number of nitrogens with zero attached hydrogens (tertiary/aromatic N) is 1. The van der Waals surface area contributed by atoms with Crippen molar-refractivity contribution >= 4 is 35.8 Å². The Morgan fingerprint density at radius 2 is 1.69 bits per heavy atom. The van der Waals surface area contributed by atoms with E-state index in [-0.39, 0.29) is 36.5 Å². The van der Waals surface area contributed by atoms with E-state index in [0.717, 1.165) is 38.3 Å². The van der Waals surface area contributed by atoms with E-state index < -0.39 is 0 Å². The van der Waals surface area contributed by atoms with Crippen molar-refractivity contribution in [1.82, 2.24) is 16.0 Å². The topological polar surface area (TPSA) is 84.0 Å². The summed E-state index contributed by atoms with van der Waals surface area (Å²) in [7, 11) is 1.78. The Hall–Kier alpha value is -1.55. The summed E-state index contributed by atoms with van der Waals surface area (Å²) < 4.78 is 11.6. The number of benzene rings is 1. The summed E-state index contributed by atoms with van der Waals surface area (Å²) in [6, 6.07) is 8.26. The maximum absolute atomic E-state index is 11.7. The first kappa shape index (κ1) is 26.7. The fourth-order valence-corrected chi connectivity index (χ4v) is 3.75. The van der Waals surface area contributed by atoms with E-state index >= 15 is 0 Å². The lowest BCUT2D eigenvalue weighted by atomic mass is 10.1. The molecule has 0 unspecified atom stereocenters. The number of hydrogen-bond donors (Lipinski definition) is 3. The second-order valence-electron chi connectivity index (χ2n) is 8.43. The van der Waals surface area contributed by atoms with E-state index in [2.05, 4.69) is 20.9 Å². The third-order valence-corrected chi connectivity index (χ3v) is 5.72. The van der Waals surface area contributed by atoms with E-state index in [1.54, 1.807) is 7.05 Å². The first-order chi connectivity index (χ1) is 15.2. The molecule has 0 heterocycles. The molecule has 3 N–H and O–H groups in total. The van der Waals surface area contributed by atoms with Crippen LogP contribution in [-0.2, 0) is 16.0 Å². The van der Waals surface area contributed by atoms with Gasteiger partial charge in [0.05, 0.1) is 12.7 Å². The van der Waals surface area contributed by atoms with Crippen LogP contribution in [0.15, 0.2) is 29.3 Å². The summed E-state index contributed by atoms with van der Waals surface area (Å²) in [5.41, 5.74) is 1.20. The van der Waals surface area contributed by atoms with Gasteiger partial charge in [-0.15, -0.1) is 24.0 Å². The Morgan fingerprint density at radius 1 is 1.00 bits per heavy atom. The van der Waals surface area contributed by atoms with Gasteiger partial charge in [-0.2, -0.15) is 0 Å². The van der Waals surface area contributed by atoms with Crippen molar-refractivity contribution < 1.29 is 14.3 Å². The smallest absolute Gasteiger partial charge is 0.258 e. The van der Waals surface area contributed by atoms with Crippen LogP contribution >= 0.6 is 24.0 Å². The van der Waals surface area contributed by atoms with Crippen molar-refractivity contribution in [2.24, 2.45) is 4.99 Å². The van der Waals surface area contributed by atoms with E-state index in [4.69, 9.17) is 9.47 Å². The van der Waals surface area contributed by atoms with Gasteiger partial charge >= 0.3 is 0 Å². The number of hydrogen-bond acceptors (Lipinski definition) is 4.